The minimum atomic E-state index is -0.455. The van der Waals surface area contributed by atoms with Crippen LogP contribution in [0.4, 0.5) is 4.39 Å². The van der Waals surface area contributed by atoms with Crippen LogP contribution in [0.15, 0.2) is 42.5 Å². The van der Waals surface area contributed by atoms with Crippen LogP contribution >= 0.6 is 23.2 Å². The fourth-order valence-corrected chi connectivity index (χ4v) is 1.80. The molecular formula is C13H9Cl2FO. The number of ether oxygens (including phenoxy) is 1. The Morgan fingerprint density at radius 1 is 1.06 bits per heavy atom. The Balaban J connectivity index is 2.39. The fraction of sp³-hybridized carbons (Fsp3) is 0.0769. The van der Waals surface area contributed by atoms with Crippen LogP contribution < -0.4 is 4.74 Å². The number of alkyl halides is 1. The normalized spacial score (nSPS) is 10.3. The van der Waals surface area contributed by atoms with E-state index in [0.717, 1.165) is 0 Å². The van der Waals surface area contributed by atoms with E-state index < -0.39 is 5.82 Å². The Bertz CT molecular complexity index is 529. The maximum atomic E-state index is 13.6. The zero-order valence-electron chi connectivity index (χ0n) is 8.79. The lowest BCUT2D eigenvalue weighted by Crippen LogP contribution is -1.93. The molecule has 1 nitrogen and oxygen atoms in total. The summed E-state index contributed by atoms with van der Waals surface area (Å²) in [7, 11) is 0. The summed E-state index contributed by atoms with van der Waals surface area (Å²) in [5.41, 5.74) is 0.589. The first kappa shape index (κ1) is 12.2. The fourth-order valence-electron chi connectivity index (χ4n) is 1.41. The highest BCUT2D eigenvalue weighted by atomic mass is 35.5. The summed E-state index contributed by atoms with van der Waals surface area (Å²) in [5.74, 6) is 0.252. The van der Waals surface area contributed by atoms with E-state index in [1.54, 1.807) is 36.4 Å². The van der Waals surface area contributed by atoms with E-state index in [0.29, 0.717) is 16.3 Å². The third kappa shape index (κ3) is 2.71. The third-order valence-electron chi connectivity index (χ3n) is 2.24. The smallest absolute Gasteiger partial charge is 0.167 e. The van der Waals surface area contributed by atoms with Crippen LogP contribution in [-0.2, 0) is 5.88 Å². The molecule has 0 radical (unpaired) electrons. The van der Waals surface area contributed by atoms with Gasteiger partial charge in [0, 0.05) is 5.56 Å². The number of hydrogen-bond acceptors (Lipinski definition) is 1. The number of rotatable bonds is 3. The average molecular weight is 271 g/mol. The zero-order valence-corrected chi connectivity index (χ0v) is 10.3. The first-order valence-corrected chi connectivity index (χ1v) is 5.89. The minimum Gasteiger partial charge on any atom is -0.452 e. The van der Waals surface area contributed by atoms with Gasteiger partial charge >= 0.3 is 0 Å². The summed E-state index contributed by atoms with van der Waals surface area (Å²) in [5, 5.41) is 0.427. The number of halogens is 3. The molecule has 0 aliphatic carbocycles. The van der Waals surface area contributed by atoms with E-state index in [2.05, 4.69) is 0 Å². The molecule has 0 heterocycles. The Morgan fingerprint density at radius 2 is 1.82 bits per heavy atom. The molecule has 4 heteroatoms. The van der Waals surface area contributed by atoms with Gasteiger partial charge in [-0.3, -0.25) is 0 Å². The standard InChI is InChI=1S/C13H9Cl2FO/c14-8-9-4-3-6-11(16)13(9)17-12-7-2-1-5-10(12)15/h1-7H,8H2. The molecule has 2 aromatic rings. The molecular weight excluding hydrogens is 262 g/mol. The Morgan fingerprint density at radius 3 is 2.53 bits per heavy atom. The van der Waals surface area contributed by atoms with E-state index in [-0.39, 0.29) is 11.6 Å². The van der Waals surface area contributed by atoms with Crippen molar-refractivity contribution in [2.45, 2.75) is 5.88 Å². The van der Waals surface area contributed by atoms with Gasteiger partial charge in [0.25, 0.3) is 0 Å². The first-order chi connectivity index (χ1) is 8.22. The highest BCUT2D eigenvalue weighted by Gasteiger charge is 2.11. The molecule has 0 bridgehead atoms. The minimum absolute atomic E-state index is 0.121. The zero-order chi connectivity index (χ0) is 12.3. The van der Waals surface area contributed by atoms with Crippen molar-refractivity contribution in [1.29, 1.82) is 0 Å². The summed E-state index contributed by atoms with van der Waals surface area (Å²) in [6.07, 6.45) is 0. The van der Waals surface area contributed by atoms with Gasteiger partial charge in [-0.2, -0.15) is 0 Å². The van der Waals surface area contributed by atoms with E-state index in [4.69, 9.17) is 27.9 Å². The lowest BCUT2D eigenvalue weighted by Gasteiger charge is -2.11. The Hall–Kier alpha value is -1.25. The van der Waals surface area contributed by atoms with Gasteiger partial charge in [-0.25, -0.2) is 4.39 Å². The van der Waals surface area contributed by atoms with Crippen LogP contribution in [0.25, 0.3) is 0 Å². The van der Waals surface area contributed by atoms with E-state index in [1.807, 2.05) is 0 Å². The molecule has 0 N–H and O–H groups in total. The van der Waals surface area contributed by atoms with Gasteiger partial charge in [0.1, 0.15) is 5.75 Å². The Labute approximate surface area is 109 Å². The molecule has 0 fully saturated rings. The van der Waals surface area contributed by atoms with Gasteiger partial charge in [0.2, 0.25) is 0 Å². The van der Waals surface area contributed by atoms with Crippen LogP contribution in [0, 0.1) is 5.82 Å². The molecule has 2 aromatic carbocycles. The van der Waals surface area contributed by atoms with Gasteiger partial charge in [-0.15, -0.1) is 11.6 Å². The predicted octanol–water partition coefficient (Wildman–Crippen LogP) is 5.01. The molecule has 0 unspecified atom stereocenters. The van der Waals surface area contributed by atoms with Gasteiger partial charge < -0.3 is 4.74 Å². The quantitative estimate of drug-likeness (QED) is 0.713. The van der Waals surface area contributed by atoms with Gasteiger partial charge in [0.15, 0.2) is 11.6 Å². The second kappa shape index (κ2) is 5.39. The van der Waals surface area contributed by atoms with Crippen molar-refractivity contribution < 1.29 is 9.13 Å². The van der Waals surface area contributed by atoms with Gasteiger partial charge in [-0.05, 0) is 18.2 Å². The lowest BCUT2D eigenvalue weighted by atomic mass is 10.2. The number of benzene rings is 2. The molecule has 0 aliphatic heterocycles. The SMILES string of the molecule is Fc1cccc(CCl)c1Oc1ccccc1Cl. The maximum absolute atomic E-state index is 13.6. The van der Waals surface area contributed by atoms with Crippen molar-refractivity contribution in [2.24, 2.45) is 0 Å². The molecule has 88 valence electrons. The van der Waals surface area contributed by atoms with Gasteiger partial charge in [0.05, 0.1) is 10.9 Å². The molecule has 2 rings (SSSR count). The van der Waals surface area contributed by atoms with Crippen LogP contribution in [-0.4, -0.2) is 0 Å². The van der Waals surface area contributed by atoms with Crippen molar-refractivity contribution >= 4 is 23.2 Å². The largest absolute Gasteiger partial charge is 0.452 e. The summed E-state index contributed by atoms with van der Waals surface area (Å²) in [6, 6.07) is 11.5. The lowest BCUT2D eigenvalue weighted by molar-refractivity contribution is 0.438. The molecule has 0 saturated heterocycles. The molecule has 0 spiro atoms. The maximum Gasteiger partial charge on any atom is 0.167 e. The van der Waals surface area contributed by atoms with Crippen molar-refractivity contribution in [2.75, 3.05) is 0 Å². The van der Waals surface area contributed by atoms with Gasteiger partial charge in [-0.1, -0.05) is 35.9 Å². The van der Waals surface area contributed by atoms with Crippen molar-refractivity contribution in [3.05, 3.63) is 58.9 Å². The predicted molar refractivity (Wildman–Crippen MR) is 67.5 cm³/mol. The first-order valence-electron chi connectivity index (χ1n) is 4.98. The van der Waals surface area contributed by atoms with Crippen LogP contribution in [0.1, 0.15) is 5.56 Å². The van der Waals surface area contributed by atoms with Crippen molar-refractivity contribution in [1.82, 2.24) is 0 Å². The van der Waals surface area contributed by atoms with E-state index >= 15 is 0 Å². The van der Waals surface area contributed by atoms with Crippen LogP contribution in [0.5, 0.6) is 11.5 Å². The molecule has 0 atom stereocenters. The second-order valence-corrected chi connectivity index (χ2v) is 4.07. The molecule has 0 saturated carbocycles. The highest BCUT2D eigenvalue weighted by molar-refractivity contribution is 6.32. The van der Waals surface area contributed by atoms with E-state index in [1.165, 1.54) is 6.07 Å². The molecule has 0 aliphatic rings. The van der Waals surface area contributed by atoms with Crippen LogP contribution in [0.3, 0.4) is 0 Å². The van der Waals surface area contributed by atoms with Crippen molar-refractivity contribution in [3.63, 3.8) is 0 Å². The summed E-state index contributed by atoms with van der Waals surface area (Å²) >= 11 is 11.7. The van der Waals surface area contributed by atoms with Crippen LogP contribution in [0.2, 0.25) is 5.02 Å². The number of para-hydroxylation sites is 2. The summed E-state index contributed by atoms with van der Waals surface area (Å²) < 4.78 is 19.1. The molecule has 0 aromatic heterocycles. The summed E-state index contributed by atoms with van der Waals surface area (Å²) in [4.78, 5) is 0. The topological polar surface area (TPSA) is 9.23 Å². The van der Waals surface area contributed by atoms with E-state index in [9.17, 15) is 4.39 Å². The third-order valence-corrected chi connectivity index (χ3v) is 2.84. The summed E-state index contributed by atoms with van der Waals surface area (Å²) in [6.45, 7) is 0. The molecule has 17 heavy (non-hydrogen) atoms. The number of hydrogen-bond donors (Lipinski definition) is 0. The Kier molecular flexibility index (Phi) is 3.87. The van der Waals surface area contributed by atoms with Crippen molar-refractivity contribution in [3.8, 4) is 11.5 Å². The highest BCUT2D eigenvalue weighted by Crippen LogP contribution is 2.33. The molecule has 0 amide bonds. The second-order valence-electron chi connectivity index (χ2n) is 3.39. The monoisotopic (exact) mass is 270 g/mol. The average Bonchev–Trinajstić information content (AvgIpc) is 2.34.